The molecular formula is C15H22O6. The number of hydrogen-bond acceptors (Lipinski definition) is 6. The van der Waals surface area contributed by atoms with Gasteiger partial charge in [-0.05, 0) is 27.7 Å². The van der Waals surface area contributed by atoms with Crippen molar-refractivity contribution in [3.63, 3.8) is 0 Å². The molecule has 3 saturated heterocycles. The van der Waals surface area contributed by atoms with Gasteiger partial charge >= 0.3 is 0 Å². The maximum atomic E-state index is 5.96. The van der Waals surface area contributed by atoms with Crippen LogP contribution in [0.3, 0.4) is 0 Å². The highest BCUT2D eigenvalue weighted by atomic mass is 16.8. The van der Waals surface area contributed by atoms with E-state index in [9.17, 15) is 0 Å². The van der Waals surface area contributed by atoms with Gasteiger partial charge < -0.3 is 28.4 Å². The first-order valence-electron chi connectivity index (χ1n) is 7.14. The van der Waals surface area contributed by atoms with Gasteiger partial charge in [-0.25, -0.2) is 0 Å². The van der Waals surface area contributed by atoms with E-state index in [4.69, 9.17) is 28.4 Å². The Morgan fingerprint density at radius 2 is 1.76 bits per heavy atom. The highest BCUT2D eigenvalue weighted by Crippen LogP contribution is 2.42. The second-order valence-electron chi connectivity index (χ2n) is 6.36. The van der Waals surface area contributed by atoms with Gasteiger partial charge in [0.05, 0.1) is 6.61 Å². The summed E-state index contributed by atoms with van der Waals surface area (Å²) < 4.78 is 34.8. The predicted molar refractivity (Wildman–Crippen MR) is 72.2 cm³/mol. The monoisotopic (exact) mass is 298 g/mol. The molecule has 118 valence electrons. The lowest BCUT2D eigenvalue weighted by molar-refractivity contribution is -0.237. The standard InChI is InChI=1S/C15H22O6/c1-6-7-16-13-12-11(20-15(4,5)21-12)10(18-13)9-8-17-14(2,3)19-9/h7,9-13H,1,8H2,2-5H3/t9-,10+,11-,12-,13-/m0/s1. The summed E-state index contributed by atoms with van der Waals surface area (Å²) in [5.74, 6) is -1.29. The summed E-state index contributed by atoms with van der Waals surface area (Å²) >= 11 is 0. The molecule has 3 rings (SSSR count). The molecule has 3 heterocycles. The summed E-state index contributed by atoms with van der Waals surface area (Å²) in [5.41, 5.74) is 2.56. The number of ether oxygens (including phenoxy) is 6. The average molecular weight is 298 g/mol. The normalized spacial score (nSPS) is 43.3. The van der Waals surface area contributed by atoms with Crippen LogP contribution in [0.15, 0.2) is 18.6 Å². The van der Waals surface area contributed by atoms with E-state index < -0.39 is 17.9 Å². The molecule has 0 N–H and O–H groups in total. The fourth-order valence-electron chi connectivity index (χ4n) is 2.99. The van der Waals surface area contributed by atoms with Crippen molar-refractivity contribution in [1.29, 1.82) is 0 Å². The van der Waals surface area contributed by atoms with Crippen molar-refractivity contribution in [3.8, 4) is 0 Å². The van der Waals surface area contributed by atoms with Crippen LogP contribution in [0.1, 0.15) is 27.7 Å². The number of rotatable bonds is 3. The van der Waals surface area contributed by atoms with Crippen molar-refractivity contribution < 1.29 is 28.4 Å². The summed E-state index contributed by atoms with van der Waals surface area (Å²) in [5, 5.41) is 0. The van der Waals surface area contributed by atoms with Crippen LogP contribution in [0.5, 0.6) is 0 Å². The van der Waals surface area contributed by atoms with Crippen LogP contribution in [0.25, 0.3) is 0 Å². The van der Waals surface area contributed by atoms with Gasteiger partial charge in [0.1, 0.15) is 24.6 Å². The molecule has 5 atom stereocenters. The first-order chi connectivity index (χ1) is 9.81. The third-order valence-electron chi connectivity index (χ3n) is 3.73. The van der Waals surface area contributed by atoms with Crippen molar-refractivity contribution in [2.24, 2.45) is 0 Å². The molecule has 0 spiro atoms. The molecule has 0 radical (unpaired) electrons. The smallest absolute Gasteiger partial charge is 0.229 e. The molecule has 21 heavy (non-hydrogen) atoms. The zero-order valence-electron chi connectivity index (χ0n) is 12.8. The van der Waals surface area contributed by atoms with Crippen molar-refractivity contribution in [2.75, 3.05) is 6.61 Å². The van der Waals surface area contributed by atoms with E-state index in [1.165, 1.54) is 6.26 Å². The Balaban J connectivity index is 1.77. The first-order valence-corrected chi connectivity index (χ1v) is 7.14. The highest BCUT2D eigenvalue weighted by Gasteiger charge is 2.59. The molecule has 0 aromatic rings. The van der Waals surface area contributed by atoms with E-state index in [0.29, 0.717) is 6.61 Å². The largest absolute Gasteiger partial charge is 0.461 e. The van der Waals surface area contributed by atoms with Gasteiger partial charge in [-0.15, -0.1) is 0 Å². The minimum atomic E-state index is -0.675. The van der Waals surface area contributed by atoms with Crippen LogP contribution >= 0.6 is 0 Å². The fraction of sp³-hybridized carbons (Fsp3) is 0.800. The summed E-state index contributed by atoms with van der Waals surface area (Å²) in [4.78, 5) is 0. The lowest BCUT2D eigenvalue weighted by atomic mass is 10.1. The second-order valence-corrected chi connectivity index (χ2v) is 6.36. The van der Waals surface area contributed by atoms with E-state index in [1.807, 2.05) is 27.7 Å². The van der Waals surface area contributed by atoms with Crippen molar-refractivity contribution >= 4 is 0 Å². The van der Waals surface area contributed by atoms with Gasteiger partial charge in [-0.1, -0.05) is 12.3 Å². The van der Waals surface area contributed by atoms with Crippen molar-refractivity contribution in [2.45, 2.75) is 70.0 Å². The molecule has 0 saturated carbocycles. The molecule has 6 nitrogen and oxygen atoms in total. The van der Waals surface area contributed by atoms with Crippen LogP contribution in [-0.4, -0.2) is 48.9 Å². The third kappa shape index (κ3) is 2.88. The molecule has 3 aliphatic rings. The molecule has 0 aromatic heterocycles. The summed E-state index contributed by atoms with van der Waals surface area (Å²) in [7, 11) is 0. The Hall–Kier alpha value is -0.880. The Kier molecular flexibility index (Phi) is 3.64. The minimum absolute atomic E-state index is 0.216. The summed E-state index contributed by atoms with van der Waals surface area (Å²) in [6.07, 6.45) is -0.293. The molecule has 0 amide bonds. The van der Waals surface area contributed by atoms with Crippen LogP contribution in [0, 0.1) is 0 Å². The van der Waals surface area contributed by atoms with Crippen LogP contribution in [0.4, 0.5) is 0 Å². The highest BCUT2D eigenvalue weighted by molar-refractivity contribution is 5.00. The van der Waals surface area contributed by atoms with Crippen molar-refractivity contribution in [1.82, 2.24) is 0 Å². The van der Waals surface area contributed by atoms with Gasteiger partial charge in [-0.3, -0.25) is 0 Å². The first kappa shape index (κ1) is 15.0. The number of hydrogen-bond donors (Lipinski definition) is 0. The topological polar surface area (TPSA) is 55.4 Å². The molecule has 0 aliphatic carbocycles. The third-order valence-corrected chi connectivity index (χ3v) is 3.73. The lowest BCUT2D eigenvalue weighted by Crippen LogP contribution is -2.40. The van der Waals surface area contributed by atoms with E-state index in [1.54, 1.807) is 0 Å². The van der Waals surface area contributed by atoms with E-state index in [0.717, 1.165) is 0 Å². The lowest BCUT2D eigenvalue weighted by Gasteiger charge is -2.26. The Bertz CT molecular complexity index is 453. The van der Waals surface area contributed by atoms with Gasteiger partial charge in [0.15, 0.2) is 17.7 Å². The van der Waals surface area contributed by atoms with Gasteiger partial charge in [-0.2, -0.15) is 0 Å². The Morgan fingerprint density at radius 3 is 2.38 bits per heavy atom. The fourth-order valence-corrected chi connectivity index (χ4v) is 2.99. The molecule has 3 fully saturated rings. The SMILES string of the molecule is C=C=CO[C@H]1O[C@H]([C@@H]2COC(C)(C)O2)[C@@H]2OC(C)(C)O[C@H]12. The zero-order chi connectivity index (χ0) is 15.3. The molecule has 0 unspecified atom stereocenters. The zero-order valence-corrected chi connectivity index (χ0v) is 12.8. The molecule has 6 heteroatoms. The van der Waals surface area contributed by atoms with Crippen LogP contribution in [-0.2, 0) is 28.4 Å². The van der Waals surface area contributed by atoms with E-state index >= 15 is 0 Å². The Morgan fingerprint density at radius 1 is 1.05 bits per heavy atom. The van der Waals surface area contributed by atoms with Gasteiger partial charge in [0.2, 0.25) is 6.29 Å². The Labute approximate surface area is 124 Å². The van der Waals surface area contributed by atoms with E-state index in [2.05, 4.69) is 12.3 Å². The van der Waals surface area contributed by atoms with Gasteiger partial charge in [0, 0.05) is 0 Å². The van der Waals surface area contributed by atoms with Gasteiger partial charge in [0.25, 0.3) is 0 Å². The molecule has 0 aromatic carbocycles. The van der Waals surface area contributed by atoms with E-state index in [-0.39, 0.29) is 24.4 Å². The minimum Gasteiger partial charge on any atom is -0.461 e. The molecule has 3 aliphatic heterocycles. The maximum Gasteiger partial charge on any atom is 0.229 e. The quantitative estimate of drug-likeness (QED) is 0.584. The molecule has 0 bridgehead atoms. The maximum absolute atomic E-state index is 5.96. The number of fused-ring (bicyclic) bond motifs is 1. The predicted octanol–water partition coefficient (Wildman–Crippen LogP) is 1.70. The summed E-state index contributed by atoms with van der Waals surface area (Å²) in [6, 6.07) is 0. The summed E-state index contributed by atoms with van der Waals surface area (Å²) in [6.45, 7) is 11.4. The van der Waals surface area contributed by atoms with Crippen LogP contribution in [0.2, 0.25) is 0 Å². The average Bonchev–Trinajstić information content (AvgIpc) is 2.98. The van der Waals surface area contributed by atoms with Crippen molar-refractivity contribution in [3.05, 3.63) is 18.6 Å². The second kappa shape index (κ2) is 5.09. The molecular weight excluding hydrogens is 276 g/mol. The van der Waals surface area contributed by atoms with Crippen LogP contribution < -0.4 is 0 Å².